The quantitative estimate of drug-likeness (QED) is 0.626. The van der Waals surface area contributed by atoms with Crippen LogP contribution in [-0.4, -0.2) is 59.5 Å². The van der Waals surface area contributed by atoms with Gasteiger partial charge in [0.05, 0.1) is 5.41 Å². The van der Waals surface area contributed by atoms with Crippen LogP contribution in [-0.2, 0) is 38.1 Å². The third-order valence-corrected chi connectivity index (χ3v) is 7.64. The molecule has 3 saturated heterocycles. The van der Waals surface area contributed by atoms with Gasteiger partial charge >= 0.3 is 17.9 Å². The predicted octanol–water partition coefficient (Wildman–Crippen LogP) is 2.64. The smallest absolute Gasteiger partial charge is 0.350 e. The summed E-state index contributed by atoms with van der Waals surface area (Å²) in [7, 11) is 0. The SMILES string of the molecule is CC(C)CC(C)(C(=O)OC1C(=O)OC2C3OC4(CCCC4C(=O)O)OC3OC12)C(C)(C)C. The molecule has 0 aromatic heterocycles. The van der Waals surface area contributed by atoms with Crippen molar-refractivity contribution in [2.24, 2.45) is 22.7 Å². The Morgan fingerprint density at radius 3 is 2.44 bits per heavy atom. The van der Waals surface area contributed by atoms with Gasteiger partial charge in [0, 0.05) is 6.42 Å². The second-order valence-corrected chi connectivity index (χ2v) is 11.2. The second-order valence-electron chi connectivity index (χ2n) is 11.2. The number of carboxylic acids is 1. The molecule has 4 rings (SSSR count). The Morgan fingerprint density at radius 2 is 1.84 bits per heavy atom. The van der Waals surface area contributed by atoms with Gasteiger partial charge in [0.1, 0.15) is 12.0 Å². The van der Waals surface area contributed by atoms with Crippen LogP contribution in [0.25, 0.3) is 0 Å². The zero-order valence-electron chi connectivity index (χ0n) is 19.6. The van der Waals surface area contributed by atoms with Crippen LogP contribution < -0.4 is 0 Å². The van der Waals surface area contributed by atoms with E-state index in [9.17, 15) is 19.5 Å². The molecule has 0 aromatic rings. The van der Waals surface area contributed by atoms with Crippen LogP contribution in [0.2, 0.25) is 0 Å². The van der Waals surface area contributed by atoms with E-state index in [-0.39, 0.29) is 5.92 Å². The van der Waals surface area contributed by atoms with Gasteiger partial charge in [-0.2, -0.15) is 0 Å². The van der Waals surface area contributed by atoms with Gasteiger partial charge in [-0.15, -0.1) is 0 Å². The Hall–Kier alpha value is -1.71. The van der Waals surface area contributed by atoms with Crippen molar-refractivity contribution in [3.05, 3.63) is 0 Å². The standard InChI is InChI=1S/C23H34O9/c1-11(2)10-22(6,21(3,4)5)20(27)30-15-13-14(28-18(15)26)16-19(29-13)32-23(31-16)9-7-8-12(23)17(24)25/h11-16,19H,7-10H2,1-6H3,(H,24,25). The number of carboxylic acid groups (broad SMARTS) is 1. The van der Waals surface area contributed by atoms with Gasteiger partial charge in [-0.1, -0.05) is 34.6 Å². The van der Waals surface area contributed by atoms with Gasteiger partial charge in [0.25, 0.3) is 0 Å². The lowest BCUT2D eigenvalue weighted by atomic mass is 9.64. The first kappa shape index (κ1) is 23.4. The van der Waals surface area contributed by atoms with E-state index in [1.54, 1.807) is 0 Å². The number of ether oxygens (including phenoxy) is 5. The summed E-state index contributed by atoms with van der Waals surface area (Å²) in [5.74, 6) is -3.95. The van der Waals surface area contributed by atoms with Crippen molar-refractivity contribution in [2.45, 2.75) is 104 Å². The minimum atomic E-state index is -1.27. The molecule has 8 atom stereocenters. The number of fused-ring (bicyclic) bond motifs is 3. The maximum Gasteiger partial charge on any atom is 0.350 e. The number of carbonyl (C=O) groups is 3. The molecule has 0 radical (unpaired) electrons. The Labute approximate surface area is 188 Å². The molecule has 32 heavy (non-hydrogen) atoms. The highest BCUT2D eigenvalue weighted by molar-refractivity contribution is 5.84. The Morgan fingerprint density at radius 1 is 1.16 bits per heavy atom. The van der Waals surface area contributed by atoms with Crippen molar-refractivity contribution in [3.8, 4) is 0 Å². The highest BCUT2D eigenvalue weighted by Gasteiger charge is 2.68. The molecule has 3 aliphatic heterocycles. The third kappa shape index (κ3) is 3.53. The zero-order chi connectivity index (χ0) is 23.6. The fourth-order valence-electron chi connectivity index (χ4n) is 5.45. The molecule has 0 bridgehead atoms. The van der Waals surface area contributed by atoms with E-state index in [1.165, 1.54) is 0 Å². The average molecular weight is 455 g/mol. The van der Waals surface area contributed by atoms with Gasteiger partial charge in [-0.25, -0.2) is 4.79 Å². The third-order valence-electron chi connectivity index (χ3n) is 7.64. The summed E-state index contributed by atoms with van der Waals surface area (Å²) in [6, 6.07) is 0. The lowest BCUT2D eigenvalue weighted by Crippen LogP contribution is -2.47. The summed E-state index contributed by atoms with van der Waals surface area (Å²) in [6.45, 7) is 11.9. The van der Waals surface area contributed by atoms with E-state index < -0.39 is 71.1 Å². The van der Waals surface area contributed by atoms with Crippen molar-refractivity contribution in [3.63, 3.8) is 0 Å². The number of esters is 2. The molecule has 9 heteroatoms. The minimum absolute atomic E-state index is 0.253. The number of hydrogen-bond acceptors (Lipinski definition) is 8. The molecule has 0 aromatic carbocycles. The maximum atomic E-state index is 13.3. The van der Waals surface area contributed by atoms with E-state index in [1.807, 2.05) is 41.5 Å². The van der Waals surface area contributed by atoms with Crippen molar-refractivity contribution in [1.82, 2.24) is 0 Å². The van der Waals surface area contributed by atoms with Crippen LogP contribution >= 0.6 is 0 Å². The fourth-order valence-corrected chi connectivity index (χ4v) is 5.45. The van der Waals surface area contributed by atoms with Gasteiger partial charge in [0.2, 0.25) is 6.10 Å². The van der Waals surface area contributed by atoms with Crippen LogP contribution in [0.3, 0.4) is 0 Å². The van der Waals surface area contributed by atoms with Gasteiger partial charge < -0.3 is 28.8 Å². The highest BCUT2D eigenvalue weighted by atomic mass is 16.9. The molecule has 8 unspecified atom stereocenters. The molecule has 9 nitrogen and oxygen atoms in total. The molecule has 1 aliphatic carbocycles. The fraction of sp³-hybridized carbons (Fsp3) is 0.870. The summed E-state index contributed by atoms with van der Waals surface area (Å²) in [6.07, 6.45) is -2.37. The number of hydrogen-bond donors (Lipinski definition) is 1. The normalized spacial score (nSPS) is 40.3. The molecule has 4 fully saturated rings. The van der Waals surface area contributed by atoms with E-state index >= 15 is 0 Å². The number of aliphatic carboxylic acids is 1. The van der Waals surface area contributed by atoms with Crippen LogP contribution in [0.4, 0.5) is 0 Å². The molecule has 1 spiro atoms. The first-order chi connectivity index (χ1) is 14.8. The first-order valence-corrected chi connectivity index (χ1v) is 11.4. The largest absolute Gasteiger partial charge is 0.481 e. The Kier molecular flexibility index (Phi) is 5.62. The molecule has 0 amide bonds. The monoisotopic (exact) mass is 454 g/mol. The zero-order valence-corrected chi connectivity index (χ0v) is 19.6. The van der Waals surface area contributed by atoms with Crippen LogP contribution in [0.15, 0.2) is 0 Å². The minimum Gasteiger partial charge on any atom is -0.481 e. The van der Waals surface area contributed by atoms with Crippen molar-refractivity contribution in [2.75, 3.05) is 0 Å². The second kappa shape index (κ2) is 7.67. The Balaban J connectivity index is 1.49. The maximum absolute atomic E-state index is 13.3. The number of carbonyl (C=O) groups excluding carboxylic acids is 2. The predicted molar refractivity (Wildman–Crippen MR) is 109 cm³/mol. The van der Waals surface area contributed by atoms with E-state index in [0.717, 1.165) is 0 Å². The van der Waals surface area contributed by atoms with Crippen molar-refractivity contribution in [1.29, 1.82) is 0 Å². The van der Waals surface area contributed by atoms with Gasteiger partial charge in [-0.05, 0) is 37.5 Å². The summed E-state index contributed by atoms with van der Waals surface area (Å²) in [4.78, 5) is 37.6. The molecular weight excluding hydrogens is 420 g/mol. The summed E-state index contributed by atoms with van der Waals surface area (Å²) in [5.41, 5.74) is -1.21. The van der Waals surface area contributed by atoms with Gasteiger partial charge in [0.15, 0.2) is 24.3 Å². The molecule has 3 heterocycles. The summed E-state index contributed by atoms with van der Waals surface area (Å²) < 4.78 is 29.2. The summed E-state index contributed by atoms with van der Waals surface area (Å²) in [5, 5.41) is 9.53. The highest BCUT2D eigenvalue weighted by Crippen LogP contribution is 2.52. The van der Waals surface area contributed by atoms with E-state index in [4.69, 9.17) is 23.7 Å². The van der Waals surface area contributed by atoms with E-state index in [2.05, 4.69) is 0 Å². The van der Waals surface area contributed by atoms with Crippen molar-refractivity contribution >= 4 is 17.9 Å². The van der Waals surface area contributed by atoms with Gasteiger partial charge in [-0.3, -0.25) is 9.59 Å². The molecule has 180 valence electrons. The van der Waals surface area contributed by atoms with Crippen LogP contribution in [0.5, 0.6) is 0 Å². The van der Waals surface area contributed by atoms with Crippen LogP contribution in [0.1, 0.15) is 67.2 Å². The molecular formula is C23H34O9. The van der Waals surface area contributed by atoms with E-state index in [0.29, 0.717) is 25.7 Å². The first-order valence-electron chi connectivity index (χ1n) is 11.4. The van der Waals surface area contributed by atoms with Crippen molar-refractivity contribution < 1.29 is 43.2 Å². The summed E-state index contributed by atoms with van der Waals surface area (Å²) >= 11 is 0. The van der Waals surface area contributed by atoms with Crippen LogP contribution in [0, 0.1) is 22.7 Å². The number of rotatable bonds is 5. The molecule has 1 N–H and O–H groups in total. The molecule has 1 saturated carbocycles. The lowest BCUT2D eigenvalue weighted by molar-refractivity contribution is -0.250. The Bertz CT molecular complexity index is 802. The topological polar surface area (TPSA) is 118 Å². The molecule has 4 aliphatic rings. The lowest BCUT2D eigenvalue weighted by Gasteiger charge is -2.41. The average Bonchev–Trinajstić information content (AvgIpc) is 3.37.